The zero-order valence-corrected chi connectivity index (χ0v) is 25.4. The lowest BCUT2D eigenvalue weighted by Gasteiger charge is -2.41. The molecular formula is C33H49FN4O2. The summed E-state index contributed by atoms with van der Waals surface area (Å²) in [6.07, 6.45) is 7.57. The second kappa shape index (κ2) is 11.6. The van der Waals surface area contributed by atoms with Crippen molar-refractivity contribution in [1.29, 1.82) is 0 Å². The minimum atomic E-state index is -0.756. The highest BCUT2D eigenvalue weighted by Gasteiger charge is 2.46. The van der Waals surface area contributed by atoms with Crippen molar-refractivity contribution in [2.45, 2.75) is 110 Å². The highest BCUT2D eigenvalue weighted by molar-refractivity contribution is 5.73. The predicted molar refractivity (Wildman–Crippen MR) is 157 cm³/mol. The summed E-state index contributed by atoms with van der Waals surface area (Å²) in [6.45, 7) is 14.3. The molecule has 6 nitrogen and oxygen atoms in total. The van der Waals surface area contributed by atoms with Gasteiger partial charge in [-0.25, -0.2) is 4.39 Å². The summed E-state index contributed by atoms with van der Waals surface area (Å²) in [6, 6.07) is 5.38. The van der Waals surface area contributed by atoms with Gasteiger partial charge >= 0.3 is 5.97 Å². The maximum absolute atomic E-state index is 14.7. The molecule has 5 rings (SSSR count). The number of aliphatic carboxylic acids is 1. The Hall–Kier alpha value is -2.25. The average molecular weight is 553 g/mol. The van der Waals surface area contributed by atoms with Gasteiger partial charge in [0.2, 0.25) is 0 Å². The summed E-state index contributed by atoms with van der Waals surface area (Å²) in [7, 11) is 1.97. The largest absolute Gasteiger partial charge is 0.480 e. The molecular weight excluding hydrogens is 503 g/mol. The lowest BCUT2D eigenvalue weighted by Crippen LogP contribution is -2.47. The normalized spacial score (nSPS) is 25.3. The first-order valence-corrected chi connectivity index (χ1v) is 15.6. The van der Waals surface area contributed by atoms with E-state index in [-0.39, 0.29) is 29.1 Å². The molecule has 40 heavy (non-hydrogen) atoms. The minimum absolute atomic E-state index is 0.0242. The van der Waals surface area contributed by atoms with E-state index in [1.165, 1.54) is 36.2 Å². The third-order valence-corrected chi connectivity index (χ3v) is 10.6. The molecule has 0 radical (unpaired) electrons. The van der Waals surface area contributed by atoms with Crippen LogP contribution >= 0.6 is 0 Å². The minimum Gasteiger partial charge on any atom is -0.480 e. The Labute approximate surface area is 239 Å². The lowest BCUT2D eigenvalue weighted by molar-refractivity contribution is -0.145. The summed E-state index contributed by atoms with van der Waals surface area (Å²) in [4.78, 5) is 16.9. The van der Waals surface area contributed by atoms with E-state index in [9.17, 15) is 14.3 Å². The molecule has 2 fully saturated rings. The van der Waals surface area contributed by atoms with Crippen LogP contribution in [0.4, 0.5) is 4.39 Å². The Kier molecular flexibility index (Phi) is 8.45. The number of hydrogen-bond donors (Lipinski definition) is 1. The summed E-state index contributed by atoms with van der Waals surface area (Å²) in [5.41, 5.74) is 6.34. The van der Waals surface area contributed by atoms with Crippen molar-refractivity contribution >= 4 is 5.97 Å². The average Bonchev–Trinajstić information content (AvgIpc) is 3.61. The Morgan fingerprint density at radius 1 is 1.20 bits per heavy atom. The first-order chi connectivity index (χ1) is 19.1. The van der Waals surface area contributed by atoms with E-state index in [1.807, 2.05) is 33.9 Å². The van der Waals surface area contributed by atoms with Crippen LogP contribution in [0, 0.1) is 24.6 Å². The number of nitrogens with zero attached hydrogens (tertiary/aromatic N) is 4. The standard InChI is InChI=1S/C33H49FN4O2/c1-7-29-26-11-12-33(31(26)38(8-2)35-29)13-15-37(16-14-33)20-24-17-25(36(6)30(21(3)4)32(39)40)19-27(24)23-10-9-22(5)28(34)18-23/h9-10,18,21,24-25,27,30H,7-8,11-17,19-20H2,1-6H3,(H,39,40)/t24?,25?,27-,30-/m1/s1. The van der Waals surface area contributed by atoms with Crippen LogP contribution in [0.3, 0.4) is 0 Å². The van der Waals surface area contributed by atoms with Gasteiger partial charge in [-0.1, -0.05) is 32.9 Å². The van der Waals surface area contributed by atoms with Crippen molar-refractivity contribution in [2.75, 3.05) is 26.7 Å². The highest BCUT2D eigenvalue weighted by Crippen LogP contribution is 2.49. The number of carboxylic acids is 1. The van der Waals surface area contributed by atoms with Crippen molar-refractivity contribution in [3.63, 3.8) is 0 Å². The van der Waals surface area contributed by atoms with E-state index in [2.05, 4.69) is 34.4 Å². The molecule has 1 saturated carbocycles. The van der Waals surface area contributed by atoms with Gasteiger partial charge in [-0.2, -0.15) is 5.10 Å². The molecule has 1 saturated heterocycles. The van der Waals surface area contributed by atoms with Crippen molar-refractivity contribution < 1.29 is 14.3 Å². The Morgan fingerprint density at radius 2 is 1.93 bits per heavy atom. The number of likely N-dealkylation sites (tertiary alicyclic amines) is 1. The smallest absolute Gasteiger partial charge is 0.321 e. The van der Waals surface area contributed by atoms with Crippen LogP contribution in [0.1, 0.15) is 93.8 Å². The van der Waals surface area contributed by atoms with Gasteiger partial charge in [0.05, 0.1) is 5.69 Å². The molecule has 1 N–H and O–H groups in total. The molecule has 4 atom stereocenters. The number of hydrogen-bond acceptors (Lipinski definition) is 4. The van der Waals surface area contributed by atoms with Crippen LogP contribution < -0.4 is 0 Å². The fraction of sp³-hybridized carbons (Fsp3) is 0.697. The van der Waals surface area contributed by atoms with E-state index >= 15 is 0 Å². The van der Waals surface area contributed by atoms with Gasteiger partial charge in [0.1, 0.15) is 11.9 Å². The molecule has 2 unspecified atom stereocenters. The van der Waals surface area contributed by atoms with Crippen molar-refractivity contribution in [3.8, 4) is 0 Å². The predicted octanol–water partition coefficient (Wildman–Crippen LogP) is 5.80. The number of carbonyl (C=O) groups is 1. The van der Waals surface area contributed by atoms with Gasteiger partial charge in [-0.15, -0.1) is 0 Å². The Bertz CT molecular complexity index is 1220. The second-order valence-corrected chi connectivity index (χ2v) is 13.2. The van der Waals surface area contributed by atoms with Crippen molar-refractivity contribution in [2.24, 2.45) is 11.8 Å². The van der Waals surface area contributed by atoms with Gasteiger partial charge in [-0.3, -0.25) is 14.4 Å². The number of halogens is 1. The number of likely N-dealkylation sites (N-methyl/N-ethyl adjacent to an activating group) is 1. The van der Waals surface area contributed by atoms with Crippen molar-refractivity contribution in [3.05, 3.63) is 52.1 Å². The molecule has 220 valence electrons. The number of benzene rings is 1. The zero-order valence-electron chi connectivity index (χ0n) is 25.4. The summed E-state index contributed by atoms with van der Waals surface area (Å²) in [5, 5.41) is 14.9. The van der Waals surface area contributed by atoms with Gasteiger partial charge in [0.15, 0.2) is 0 Å². The van der Waals surface area contributed by atoms with E-state index in [0.717, 1.165) is 57.4 Å². The van der Waals surface area contributed by atoms with Crippen LogP contribution in [-0.4, -0.2) is 69.4 Å². The van der Waals surface area contributed by atoms with Crippen LogP contribution in [0.15, 0.2) is 18.2 Å². The quantitative estimate of drug-likeness (QED) is 0.426. The number of aromatic nitrogens is 2. The number of piperidine rings is 1. The Balaban J connectivity index is 1.33. The number of carboxylic acid groups (broad SMARTS) is 1. The molecule has 2 heterocycles. The van der Waals surface area contributed by atoms with Crippen LogP contribution in [-0.2, 0) is 29.6 Å². The van der Waals surface area contributed by atoms with Gasteiger partial charge in [-0.05, 0) is 119 Å². The van der Waals surface area contributed by atoms with E-state index in [4.69, 9.17) is 5.10 Å². The fourth-order valence-corrected chi connectivity index (χ4v) is 8.42. The molecule has 0 bridgehead atoms. The van der Waals surface area contributed by atoms with Gasteiger partial charge in [0.25, 0.3) is 0 Å². The topological polar surface area (TPSA) is 61.6 Å². The Morgan fingerprint density at radius 3 is 2.52 bits per heavy atom. The molecule has 1 aromatic carbocycles. The molecule has 1 spiro atoms. The molecule has 7 heteroatoms. The zero-order chi connectivity index (χ0) is 28.8. The summed E-state index contributed by atoms with van der Waals surface area (Å²) in [5.74, 6) is -0.275. The molecule has 2 aliphatic carbocycles. The summed E-state index contributed by atoms with van der Waals surface area (Å²) < 4.78 is 17.0. The molecule has 1 aliphatic heterocycles. The fourth-order valence-electron chi connectivity index (χ4n) is 8.42. The van der Waals surface area contributed by atoms with Crippen LogP contribution in [0.2, 0.25) is 0 Å². The SMILES string of the molecule is CCc1nn(CC)c2c1CCC21CCN(CC2CC(N(C)[C@@H](C(=O)O)C(C)C)C[C@@H]2c2ccc(C)c(F)c2)CC1. The first kappa shape index (κ1) is 29.2. The number of fused-ring (bicyclic) bond motifs is 2. The van der Waals surface area contributed by atoms with Gasteiger partial charge in [0, 0.05) is 30.2 Å². The molecule has 0 amide bonds. The maximum atomic E-state index is 14.7. The van der Waals surface area contributed by atoms with Crippen LogP contribution in [0.5, 0.6) is 0 Å². The van der Waals surface area contributed by atoms with E-state index in [1.54, 1.807) is 6.07 Å². The number of rotatable bonds is 9. The first-order valence-electron chi connectivity index (χ1n) is 15.6. The number of aryl methyl sites for hydroxylation is 3. The maximum Gasteiger partial charge on any atom is 0.321 e. The monoisotopic (exact) mass is 552 g/mol. The molecule has 1 aromatic heterocycles. The molecule has 2 aromatic rings. The van der Waals surface area contributed by atoms with E-state index in [0.29, 0.717) is 11.5 Å². The lowest BCUT2D eigenvalue weighted by atomic mass is 9.75. The third-order valence-electron chi connectivity index (χ3n) is 10.6. The van der Waals surface area contributed by atoms with Gasteiger partial charge < -0.3 is 10.0 Å². The van der Waals surface area contributed by atoms with E-state index < -0.39 is 12.0 Å². The second-order valence-electron chi connectivity index (χ2n) is 13.2. The molecule has 3 aliphatic rings. The summed E-state index contributed by atoms with van der Waals surface area (Å²) >= 11 is 0. The van der Waals surface area contributed by atoms with Crippen LogP contribution in [0.25, 0.3) is 0 Å². The third kappa shape index (κ3) is 5.24. The van der Waals surface area contributed by atoms with Crippen molar-refractivity contribution in [1.82, 2.24) is 19.6 Å². The highest BCUT2D eigenvalue weighted by atomic mass is 19.1.